The number of hydrogen-bond donors (Lipinski definition) is 2. The first-order chi connectivity index (χ1) is 13.1. The van der Waals surface area contributed by atoms with Gasteiger partial charge in [0.25, 0.3) is 0 Å². The zero-order chi connectivity index (χ0) is 19.2. The van der Waals surface area contributed by atoms with Gasteiger partial charge in [0.2, 0.25) is 11.1 Å². The molecule has 140 valence electrons. The summed E-state index contributed by atoms with van der Waals surface area (Å²) in [5, 5.41) is 11.0. The molecule has 9 heteroatoms. The number of para-hydroxylation sites is 1. The Bertz CT molecular complexity index is 930. The van der Waals surface area contributed by atoms with Gasteiger partial charge in [-0.15, -0.1) is 10.2 Å². The van der Waals surface area contributed by atoms with Gasteiger partial charge in [0.05, 0.1) is 18.0 Å². The normalized spacial score (nSPS) is 10.6. The van der Waals surface area contributed by atoms with Gasteiger partial charge in [-0.2, -0.15) is 0 Å². The summed E-state index contributed by atoms with van der Waals surface area (Å²) in [5.41, 5.74) is 0.906. The number of nitrogens with zero attached hydrogens (tertiary/aromatic N) is 3. The molecule has 1 heterocycles. The van der Waals surface area contributed by atoms with Crippen LogP contribution in [0.3, 0.4) is 0 Å². The number of nitrogens with one attached hydrogen (secondary N) is 1. The van der Waals surface area contributed by atoms with Crippen molar-refractivity contribution in [2.45, 2.75) is 12.1 Å². The maximum absolute atomic E-state index is 13.6. The molecule has 3 N–H and O–H groups in total. The van der Waals surface area contributed by atoms with E-state index in [2.05, 4.69) is 15.5 Å². The summed E-state index contributed by atoms with van der Waals surface area (Å²) in [5.74, 6) is 6.43. The molecule has 0 aliphatic heterocycles. The van der Waals surface area contributed by atoms with Crippen LogP contribution < -0.4 is 15.9 Å². The summed E-state index contributed by atoms with van der Waals surface area (Å²) in [4.78, 5) is 12.0. The zero-order valence-corrected chi connectivity index (χ0v) is 15.4. The van der Waals surface area contributed by atoms with Crippen molar-refractivity contribution in [1.82, 2.24) is 14.9 Å². The van der Waals surface area contributed by atoms with Crippen LogP contribution in [0.4, 0.5) is 10.1 Å². The van der Waals surface area contributed by atoms with Crippen molar-refractivity contribution < 1.29 is 13.9 Å². The molecular formula is C18H18FN5O2S. The van der Waals surface area contributed by atoms with Crippen molar-refractivity contribution >= 4 is 23.4 Å². The van der Waals surface area contributed by atoms with Gasteiger partial charge in [-0.1, -0.05) is 23.9 Å². The van der Waals surface area contributed by atoms with Crippen molar-refractivity contribution in [2.24, 2.45) is 0 Å². The molecule has 0 unspecified atom stereocenters. The molecule has 0 bridgehead atoms. The highest BCUT2D eigenvalue weighted by atomic mass is 32.2. The standard InChI is InChI=1S/C18H18FN5O2S/c1-2-26-13-9-7-12(8-10-13)17-22-23-18(24(17)20)27-11-16(25)21-15-6-4-3-5-14(15)19/h3-10H,2,11,20H2,1H3,(H,21,25). The van der Waals surface area contributed by atoms with E-state index in [0.717, 1.165) is 23.1 Å². The molecule has 0 aliphatic carbocycles. The number of nitrogens with two attached hydrogens (primary N) is 1. The van der Waals surface area contributed by atoms with Crippen molar-refractivity contribution in [1.29, 1.82) is 0 Å². The number of rotatable bonds is 7. The summed E-state index contributed by atoms with van der Waals surface area (Å²) in [6, 6.07) is 13.3. The number of carbonyl (C=O) groups is 1. The Labute approximate surface area is 159 Å². The first-order valence-electron chi connectivity index (χ1n) is 8.19. The first kappa shape index (κ1) is 18.7. The molecule has 3 rings (SSSR count). The molecule has 27 heavy (non-hydrogen) atoms. The number of ether oxygens (including phenoxy) is 1. The Hall–Kier alpha value is -3.07. The predicted molar refractivity (Wildman–Crippen MR) is 103 cm³/mol. The van der Waals surface area contributed by atoms with Crippen molar-refractivity contribution in [3.05, 3.63) is 54.3 Å². The smallest absolute Gasteiger partial charge is 0.234 e. The topological polar surface area (TPSA) is 95.1 Å². The molecule has 0 saturated heterocycles. The number of anilines is 1. The van der Waals surface area contributed by atoms with Gasteiger partial charge in [-0.05, 0) is 43.3 Å². The molecule has 0 saturated carbocycles. The number of aromatic nitrogens is 3. The molecule has 2 aromatic carbocycles. The van der Waals surface area contributed by atoms with Crippen LogP contribution in [0.5, 0.6) is 5.75 Å². The van der Waals surface area contributed by atoms with Gasteiger partial charge in [0, 0.05) is 5.56 Å². The molecule has 0 fully saturated rings. The Morgan fingerprint density at radius 3 is 2.67 bits per heavy atom. The van der Waals surface area contributed by atoms with Gasteiger partial charge < -0.3 is 15.9 Å². The van der Waals surface area contributed by atoms with E-state index in [9.17, 15) is 9.18 Å². The highest BCUT2D eigenvalue weighted by Gasteiger charge is 2.14. The molecule has 0 radical (unpaired) electrons. The van der Waals surface area contributed by atoms with Crippen LogP contribution >= 0.6 is 11.8 Å². The van der Waals surface area contributed by atoms with Crippen LogP contribution in [0.1, 0.15) is 6.92 Å². The molecule has 0 aliphatic rings. The van der Waals surface area contributed by atoms with Crippen LogP contribution in [0.15, 0.2) is 53.7 Å². The zero-order valence-electron chi connectivity index (χ0n) is 14.6. The minimum atomic E-state index is -0.490. The second-order valence-electron chi connectivity index (χ2n) is 5.45. The second kappa shape index (κ2) is 8.54. The number of carbonyl (C=O) groups excluding carboxylic acids is 1. The number of halogens is 1. The third-order valence-electron chi connectivity index (χ3n) is 3.57. The second-order valence-corrected chi connectivity index (χ2v) is 6.39. The predicted octanol–water partition coefficient (Wildman–Crippen LogP) is 2.93. The molecule has 3 aromatic rings. The monoisotopic (exact) mass is 387 g/mol. The molecule has 1 aromatic heterocycles. The van der Waals surface area contributed by atoms with Gasteiger partial charge in [-0.3, -0.25) is 4.79 Å². The summed E-state index contributed by atoms with van der Waals surface area (Å²) in [6.07, 6.45) is 0. The van der Waals surface area contributed by atoms with E-state index in [1.807, 2.05) is 31.2 Å². The summed E-state index contributed by atoms with van der Waals surface area (Å²) >= 11 is 1.11. The van der Waals surface area contributed by atoms with E-state index >= 15 is 0 Å². The van der Waals surface area contributed by atoms with E-state index in [0.29, 0.717) is 17.6 Å². The molecule has 1 amide bonds. The number of benzene rings is 2. The first-order valence-corrected chi connectivity index (χ1v) is 9.18. The number of thioether (sulfide) groups is 1. The molecule has 0 atom stereocenters. The number of hydrogen-bond acceptors (Lipinski definition) is 6. The van der Waals surface area contributed by atoms with Gasteiger partial charge in [0.15, 0.2) is 5.82 Å². The van der Waals surface area contributed by atoms with Crippen LogP contribution in [0.2, 0.25) is 0 Å². The Morgan fingerprint density at radius 1 is 1.22 bits per heavy atom. The fourth-order valence-corrected chi connectivity index (χ4v) is 2.97. The van der Waals surface area contributed by atoms with E-state index in [1.165, 1.54) is 16.8 Å². The van der Waals surface area contributed by atoms with Gasteiger partial charge in [-0.25, -0.2) is 9.07 Å². The van der Waals surface area contributed by atoms with Crippen molar-refractivity contribution in [2.75, 3.05) is 23.5 Å². The highest BCUT2D eigenvalue weighted by Crippen LogP contribution is 2.24. The Kier molecular flexibility index (Phi) is 5.92. The van der Waals surface area contributed by atoms with Crippen LogP contribution in [0, 0.1) is 5.82 Å². The fourth-order valence-electron chi connectivity index (χ4n) is 2.32. The maximum Gasteiger partial charge on any atom is 0.234 e. The van der Waals surface area contributed by atoms with Crippen LogP contribution in [-0.2, 0) is 4.79 Å². The van der Waals surface area contributed by atoms with Crippen LogP contribution in [0.25, 0.3) is 11.4 Å². The van der Waals surface area contributed by atoms with Gasteiger partial charge in [0.1, 0.15) is 11.6 Å². The van der Waals surface area contributed by atoms with E-state index in [1.54, 1.807) is 12.1 Å². The van der Waals surface area contributed by atoms with E-state index < -0.39 is 5.82 Å². The maximum atomic E-state index is 13.6. The lowest BCUT2D eigenvalue weighted by atomic mass is 10.2. The minimum absolute atomic E-state index is 0.0208. The minimum Gasteiger partial charge on any atom is -0.494 e. The third-order valence-corrected chi connectivity index (χ3v) is 4.51. The molecular weight excluding hydrogens is 369 g/mol. The fraction of sp³-hybridized carbons (Fsp3) is 0.167. The van der Waals surface area contributed by atoms with Crippen molar-refractivity contribution in [3.8, 4) is 17.1 Å². The SMILES string of the molecule is CCOc1ccc(-c2nnc(SCC(=O)Nc3ccccc3F)n2N)cc1. The summed E-state index contributed by atoms with van der Waals surface area (Å²) in [6.45, 7) is 2.50. The lowest BCUT2D eigenvalue weighted by Crippen LogP contribution is -2.17. The lowest BCUT2D eigenvalue weighted by molar-refractivity contribution is -0.113. The summed E-state index contributed by atoms with van der Waals surface area (Å²) in [7, 11) is 0. The van der Waals surface area contributed by atoms with Crippen LogP contribution in [-0.4, -0.2) is 33.1 Å². The summed E-state index contributed by atoms with van der Waals surface area (Å²) < 4.78 is 20.3. The Morgan fingerprint density at radius 2 is 1.96 bits per heavy atom. The average Bonchev–Trinajstić information content (AvgIpc) is 3.03. The largest absolute Gasteiger partial charge is 0.494 e. The molecule has 0 spiro atoms. The van der Waals surface area contributed by atoms with E-state index in [-0.39, 0.29) is 17.3 Å². The average molecular weight is 387 g/mol. The molecule has 7 nitrogen and oxygen atoms in total. The third kappa shape index (κ3) is 4.56. The number of amides is 1. The highest BCUT2D eigenvalue weighted by molar-refractivity contribution is 7.99. The van der Waals surface area contributed by atoms with Gasteiger partial charge >= 0.3 is 0 Å². The Balaban J connectivity index is 1.63. The van der Waals surface area contributed by atoms with Crippen molar-refractivity contribution in [3.63, 3.8) is 0 Å². The van der Waals surface area contributed by atoms with E-state index in [4.69, 9.17) is 10.6 Å². The quantitative estimate of drug-likeness (QED) is 0.478. The number of nitrogen functional groups attached to an aromatic ring is 1. The lowest BCUT2D eigenvalue weighted by Gasteiger charge is -2.07.